The van der Waals surface area contributed by atoms with Crippen molar-refractivity contribution in [3.05, 3.63) is 0 Å². The van der Waals surface area contributed by atoms with Gasteiger partial charge in [-0.05, 0) is 47.4 Å². The van der Waals surface area contributed by atoms with Crippen LogP contribution in [0.1, 0.15) is 131 Å². The molecule has 0 atom stereocenters. The highest BCUT2D eigenvalue weighted by Crippen LogP contribution is 2.72. The molecule has 0 bridgehead atoms. The summed E-state index contributed by atoms with van der Waals surface area (Å²) in [6, 6.07) is 0. The van der Waals surface area contributed by atoms with E-state index in [-0.39, 0.29) is 0 Å². The molecule has 0 heterocycles. The summed E-state index contributed by atoms with van der Waals surface area (Å²) in [6.45, 7) is 12.7. The Bertz CT molecular complexity index is 460. The first-order valence-corrected chi connectivity index (χ1v) is 19.6. The lowest BCUT2D eigenvalue weighted by molar-refractivity contribution is 0.365. The zero-order chi connectivity index (χ0) is 25.1. The van der Waals surface area contributed by atoms with Crippen LogP contribution in [0.4, 0.5) is 4.20 Å². The van der Waals surface area contributed by atoms with E-state index in [4.69, 9.17) is 7.94 Å². The normalized spacial score (nSPS) is 14.0. The molecule has 33 heavy (non-hydrogen) atoms. The molecule has 0 aliphatic carbocycles. The minimum absolute atomic E-state index is 0.745. The topological polar surface area (TPSA) is 35.5 Å². The fourth-order valence-electron chi connectivity index (χ4n) is 4.31. The van der Waals surface area contributed by atoms with E-state index in [0.717, 1.165) is 60.2 Å². The predicted molar refractivity (Wildman–Crippen MR) is 154 cm³/mol. The highest BCUT2D eigenvalue weighted by Gasteiger charge is 2.40. The zero-order valence-electron chi connectivity index (χ0n) is 23.0. The van der Waals surface area contributed by atoms with Crippen molar-refractivity contribution in [2.45, 2.75) is 131 Å². The monoisotopic (exact) mass is 532 g/mol. The Balaban J connectivity index is 4.79. The lowest BCUT2D eigenvalue weighted by Gasteiger charge is -2.42. The molecule has 0 N–H and O–H groups in total. The molecule has 0 unspecified atom stereocenters. The molecule has 0 spiro atoms. The van der Waals surface area contributed by atoms with E-state index in [2.05, 4.69) is 41.5 Å². The Labute approximate surface area is 210 Å². The fourth-order valence-corrected chi connectivity index (χ4v) is 13.4. The summed E-state index contributed by atoms with van der Waals surface area (Å²) in [6.07, 6.45) is 17.1. The van der Waals surface area contributed by atoms with Gasteiger partial charge in [-0.3, -0.25) is 0 Å². The second-order valence-corrected chi connectivity index (χ2v) is 18.4. The van der Waals surface area contributed by atoms with Gasteiger partial charge < -0.3 is 0 Å². The molecule has 0 aliphatic heterocycles. The van der Waals surface area contributed by atoms with Gasteiger partial charge in [-0.25, -0.2) is 12.5 Å². The van der Waals surface area contributed by atoms with Crippen LogP contribution in [0.25, 0.3) is 0 Å². The van der Waals surface area contributed by atoms with E-state index in [1.54, 1.807) is 0 Å². The van der Waals surface area contributed by atoms with Crippen molar-refractivity contribution in [1.82, 2.24) is 0 Å². The Morgan fingerprint density at radius 3 is 1.06 bits per heavy atom. The smallest absolute Gasteiger partial charge is 0.233 e. The number of halogens is 1. The molecule has 0 amide bonds. The molecule has 0 rings (SSSR count). The maximum absolute atomic E-state index is 15.4. The third-order valence-electron chi connectivity index (χ3n) is 6.84. The summed E-state index contributed by atoms with van der Waals surface area (Å²) in [5.41, 5.74) is 0. The molecule has 0 saturated carbocycles. The van der Waals surface area contributed by atoms with Crippen molar-refractivity contribution in [3.8, 4) is 0 Å². The zero-order valence-corrected chi connectivity index (χ0v) is 25.5. The molecule has 0 aromatic carbocycles. The van der Waals surface area contributed by atoms with Crippen molar-refractivity contribution in [2.75, 3.05) is 34.5 Å². The van der Waals surface area contributed by atoms with Gasteiger partial charge in [-0.15, -0.1) is 24.8 Å². The van der Waals surface area contributed by atoms with E-state index in [0.29, 0.717) is 0 Å². The van der Waals surface area contributed by atoms with E-state index < -0.39 is 28.5 Å². The first-order chi connectivity index (χ1) is 15.8. The molecule has 3 nitrogen and oxygen atoms in total. The molecular weight excluding hydrogens is 474 g/mol. The summed E-state index contributed by atoms with van der Waals surface area (Å²) < 4.78 is 40.2. The van der Waals surface area contributed by atoms with Crippen LogP contribution in [0, 0.1) is 0 Å². The summed E-state index contributed by atoms with van der Waals surface area (Å²) in [5, 5.41) is 0. The number of rotatable bonds is 24. The van der Waals surface area contributed by atoms with Gasteiger partial charge >= 0.3 is 7.91 Å². The molecule has 0 radical (unpaired) electrons. The fraction of sp³-hybridized carbons (Fsp3) is 1.00. The highest BCUT2D eigenvalue weighted by atomic mass is 32.3. The quantitative estimate of drug-likeness (QED) is 0.0916. The SMILES string of the molecule is CCCCCCCCCS(CC)(CC)OP(=O)(F)OS(CC)(CC)CCCCCCCCC. The second-order valence-electron chi connectivity index (χ2n) is 9.32. The maximum atomic E-state index is 15.4. The van der Waals surface area contributed by atoms with Crippen LogP contribution in [0.5, 0.6) is 0 Å². The van der Waals surface area contributed by atoms with Crippen molar-refractivity contribution < 1.29 is 16.7 Å². The van der Waals surface area contributed by atoms with Crippen molar-refractivity contribution >= 4 is 28.5 Å². The molecule has 7 heteroatoms. The van der Waals surface area contributed by atoms with Gasteiger partial charge in [0.2, 0.25) is 0 Å². The van der Waals surface area contributed by atoms with Crippen molar-refractivity contribution in [1.29, 1.82) is 0 Å². The van der Waals surface area contributed by atoms with E-state index >= 15 is 4.20 Å². The molecule has 0 aliphatic rings. The van der Waals surface area contributed by atoms with Crippen LogP contribution in [0.15, 0.2) is 0 Å². The van der Waals surface area contributed by atoms with Gasteiger partial charge in [0.25, 0.3) is 0 Å². The van der Waals surface area contributed by atoms with Gasteiger partial charge in [-0.2, -0.15) is 0 Å². The Morgan fingerprint density at radius 1 is 0.515 bits per heavy atom. The Morgan fingerprint density at radius 2 is 0.788 bits per heavy atom. The van der Waals surface area contributed by atoms with Crippen molar-refractivity contribution in [3.63, 3.8) is 0 Å². The standard InChI is InChI=1S/C26H58FO3PS2/c1-7-13-15-17-19-21-23-25-32(9-3,10-4)29-31(27,28)30-33(11-5,12-6)26-24-22-20-18-16-14-8-2/h7-26H2,1-6H3. The summed E-state index contributed by atoms with van der Waals surface area (Å²) >= 11 is 0. The van der Waals surface area contributed by atoms with E-state index in [1.807, 2.05) is 0 Å². The number of hydrogen-bond acceptors (Lipinski definition) is 3. The Hall–Kier alpha value is 0.780. The summed E-state index contributed by atoms with van der Waals surface area (Å²) in [4.78, 5) is 0. The largest absolute Gasteiger partial charge is 0.532 e. The molecule has 204 valence electrons. The molecular formula is C26H58FO3PS2. The molecule has 0 saturated heterocycles. The third-order valence-corrected chi connectivity index (χ3v) is 17.1. The van der Waals surface area contributed by atoms with Crippen LogP contribution < -0.4 is 0 Å². The summed E-state index contributed by atoms with van der Waals surface area (Å²) in [5.74, 6) is 4.65. The van der Waals surface area contributed by atoms with Crippen LogP contribution in [-0.4, -0.2) is 34.5 Å². The highest BCUT2D eigenvalue weighted by molar-refractivity contribution is 8.33. The minimum Gasteiger partial charge on any atom is -0.233 e. The first kappa shape index (κ1) is 33.8. The van der Waals surface area contributed by atoms with Crippen LogP contribution in [0.2, 0.25) is 0 Å². The van der Waals surface area contributed by atoms with Gasteiger partial charge in [0.15, 0.2) is 0 Å². The van der Waals surface area contributed by atoms with Gasteiger partial charge in [-0.1, -0.05) is 119 Å². The van der Waals surface area contributed by atoms with E-state index in [1.165, 1.54) is 64.2 Å². The van der Waals surface area contributed by atoms with Crippen LogP contribution >= 0.6 is 28.5 Å². The van der Waals surface area contributed by atoms with Gasteiger partial charge in [0, 0.05) is 0 Å². The lowest BCUT2D eigenvalue weighted by atomic mass is 10.1. The van der Waals surface area contributed by atoms with Crippen molar-refractivity contribution in [2.24, 2.45) is 0 Å². The third kappa shape index (κ3) is 15.5. The van der Waals surface area contributed by atoms with Gasteiger partial charge in [0.05, 0.1) is 0 Å². The summed E-state index contributed by atoms with van der Waals surface area (Å²) in [7, 11) is -7.98. The molecule has 0 aromatic heterocycles. The van der Waals surface area contributed by atoms with Crippen LogP contribution in [0.3, 0.4) is 0 Å². The van der Waals surface area contributed by atoms with Crippen LogP contribution in [-0.2, 0) is 12.5 Å². The van der Waals surface area contributed by atoms with Gasteiger partial charge in [0.1, 0.15) is 0 Å². The lowest BCUT2D eigenvalue weighted by Crippen LogP contribution is -2.17. The average molecular weight is 533 g/mol. The average Bonchev–Trinajstić information content (AvgIpc) is 2.81. The number of unbranched alkanes of at least 4 members (excludes halogenated alkanes) is 12. The predicted octanol–water partition coefficient (Wildman–Crippen LogP) is 11.1. The van der Waals surface area contributed by atoms with E-state index in [9.17, 15) is 4.57 Å². The molecule has 0 aromatic rings. The maximum Gasteiger partial charge on any atom is 0.532 e. The minimum atomic E-state index is -4.57. The Kier molecular flexibility index (Phi) is 20.4. The molecule has 0 fully saturated rings. The number of hydrogen-bond donors (Lipinski definition) is 0. The second kappa shape index (κ2) is 19.9. The first-order valence-electron chi connectivity index (χ1n) is 14.0.